The second kappa shape index (κ2) is 9.96. The normalized spacial score (nSPS) is 9.92. The van der Waals surface area contributed by atoms with Crippen molar-refractivity contribution in [3.05, 3.63) is 59.7 Å². The number of carbonyl (C=O) groups is 1. The summed E-state index contributed by atoms with van der Waals surface area (Å²) in [6.45, 7) is 1.73. The monoisotopic (exact) mass is 338 g/mol. The van der Waals surface area contributed by atoms with Crippen molar-refractivity contribution < 1.29 is 9.53 Å². The number of hydrogen-bond acceptors (Lipinski definition) is 4. The lowest BCUT2D eigenvalue weighted by Gasteiger charge is -2.13. The van der Waals surface area contributed by atoms with E-state index >= 15 is 0 Å². The predicted octanol–water partition coefficient (Wildman–Crippen LogP) is 3.13. The molecule has 2 rings (SSSR count). The molecule has 0 saturated heterocycles. The highest BCUT2D eigenvalue weighted by Crippen LogP contribution is 2.15. The van der Waals surface area contributed by atoms with Gasteiger partial charge >= 0.3 is 6.03 Å². The maximum absolute atomic E-state index is 12.1. The molecule has 0 saturated carbocycles. The fraction of sp³-hybridized carbons (Fsp3) is 0.263. The Bertz CT molecular complexity index is 723. The molecule has 0 aliphatic heterocycles. The standard InChI is InChI=1S/C19H22N4O2/c1-25-13-12-21-18-5-3-2-4-16(18)14-22-19(24)23-17-8-6-15(7-9-17)10-11-20/h2-9,21H,10,12-14H2,1H3,(H2,22,23,24). The Morgan fingerprint density at radius 3 is 2.64 bits per heavy atom. The molecule has 25 heavy (non-hydrogen) atoms. The van der Waals surface area contributed by atoms with Crippen molar-refractivity contribution in [2.24, 2.45) is 0 Å². The second-order valence-electron chi connectivity index (χ2n) is 5.42. The Kier molecular flexibility index (Phi) is 7.29. The van der Waals surface area contributed by atoms with Crippen molar-refractivity contribution in [2.45, 2.75) is 13.0 Å². The first kappa shape index (κ1) is 18.3. The van der Waals surface area contributed by atoms with E-state index in [9.17, 15) is 4.79 Å². The molecule has 6 nitrogen and oxygen atoms in total. The van der Waals surface area contributed by atoms with Crippen LogP contribution in [0.2, 0.25) is 0 Å². The van der Waals surface area contributed by atoms with E-state index < -0.39 is 0 Å². The fourth-order valence-corrected chi connectivity index (χ4v) is 2.28. The zero-order valence-electron chi connectivity index (χ0n) is 14.2. The van der Waals surface area contributed by atoms with E-state index in [-0.39, 0.29) is 6.03 Å². The highest BCUT2D eigenvalue weighted by molar-refractivity contribution is 5.89. The van der Waals surface area contributed by atoms with E-state index in [1.807, 2.05) is 36.4 Å². The van der Waals surface area contributed by atoms with Crippen LogP contribution in [0.5, 0.6) is 0 Å². The van der Waals surface area contributed by atoms with Crippen molar-refractivity contribution in [3.8, 4) is 6.07 Å². The lowest BCUT2D eigenvalue weighted by Crippen LogP contribution is -2.28. The minimum atomic E-state index is -0.278. The summed E-state index contributed by atoms with van der Waals surface area (Å²) in [6, 6.07) is 16.9. The van der Waals surface area contributed by atoms with Gasteiger partial charge in [0.25, 0.3) is 0 Å². The van der Waals surface area contributed by atoms with Crippen LogP contribution in [-0.2, 0) is 17.7 Å². The zero-order chi connectivity index (χ0) is 17.9. The Labute approximate surface area is 147 Å². The molecule has 2 amide bonds. The molecular weight excluding hydrogens is 316 g/mol. The van der Waals surface area contributed by atoms with E-state index in [2.05, 4.69) is 22.0 Å². The molecule has 0 radical (unpaired) electrons. The van der Waals surface area contributed by atoms with Crippen LogP contribution in [0.4, 0.5) is 16.2 Å². The lowest BCUT2D eigenvalue weighted by molar-refractivity contribution is 0.210. The molecule has 0 heterocycles. The van der Waals surface area contributed by atoms with Gasteiger partial charge in [0.05, 0.1) is 19.1 Å². The largest absolute Gasteiger partial charge is 0.383 e. The topological polar surface area (TPSA) is 86.2 Å². The van der Waals surface area contributed by atoms with Gasteiger partial charge in [-0.15, -0.1) is 0 Å². The highest BCUT2D eigenvalue weighted by Gasteiger charge is 2.05. The molecule has 0 aromatic heterocycles. The van der Waals surface area contributed by atoms with Crippen LogP contribution in [0.15, 0.2) is 48.5 Å². The number of ether oxygens (including phenoxy) is 1. The van der Waals surface area contributed by atoms with Gasteiger partial charge in [-0.25, -0.2) is 4.79 Å². The van der Waals surface area contributed by atoms with Gasteiger partial charge in [0, 0.05) is 31.6 Å². The van der Waals surface area contributed by atoms with Gasteiger partial charge in [0.2, 0.25) is 0 Å². The van der Waals surface area contributed by atoms with E-state index in [1.54, 1.807) is 19.2 Å². The second-order valence-corrected chi connectivity index (χ2v) is 5.42. The summed E-state index contributed by atoms with van der Waals surface area (Å²) in [4.78, 5) is 12.1. The Balaban J connectivity index is 1.86. The summed E-state index contributed by atoms with van der Waals surface area (Å²) < 4.78 is 5.03. The quantitative estimate of drug-likeness (QED) is 0.646. The van der Waals surface area contributed by atoms with E-state index in [1.165, 1.54) is 0 Å². The van der Waals surface area contributed by atoms with Gasteiger partial charge in [-0.05, 0) is 29.3 Å². The number of nitrogens with one attached hydrogen (secondary N) is 3. The third-order valence-corrected chi connectivity index (χ3v) is 3.57. The molecule has 130 valence electrons. The zero-order valence-corrected chi connectivity index (χ0v) is 14.2. The summed E-state index contributed by atoms with van der Waals surface area (Å²) >= 11 is 0. The predicted molar refractivity (Wildman–Crippen MR) is 98.4 cm³/mol. The molecule has 6 heteroatoms. The first-order chi connectivity index (χ1) is 12.2. The molecule has 0 fully saturated rings. The number of methoxy groups -OCH3 is 1. The minimum absolute atomic E-state index is 0.278. The van der Waals surface area contributed by atoms with Gasteiger partial charge in [0.1, 0.15) is 0 Å². The van der Waals surface area contributed by atoms with E-state index in [0.29, 0.717) is 31.8 Å². The molecule has 0 aliphatic carbocycles. The van der Waals surface area contributed by atoms with Gasteiger partial charge < -0.3 is 20.7 Å². The smallest absolute Gasteiger partial charge is 0.319 e. The third-order valence-electron chi connectivity index (χ3n) is 3.57. The van der Waals surface area contributed by atoms with Crippen LogP contribution >= 0.6 is 0 Å². The molecule has 0 unspecified atom stereocenters. The molecule has 3 N–H and O–H groups in total. The van der Waals surface area contributed by atoms with Crippen LogP contribution in [0.1, 0.15) is 11.1 Å². The van der Waals surface area contributed by atoms with Crippen molar-refractivity contribution in [2.75, 3.05) is 30.9 Å². The number of nitrogens with zero attached hydrogens (tertiary/aromatic N) is 1. The van der Waals surface area contributed by atoms with Crippen LogP contribution in [-0.4, -0.2) is 26.3 Å². The molecule has 0 spiro atoms. The molecule has 0 atom stereocenters. The van der Waals surface area contributed by atoms with Crippen LogP contribution < -0.4 is 16.0 Å². The SMILES string of the molecule is COCCNc1ccccc1CNC(=O)Nc1ccc(CC#N)cc1. The van der Waals surface area contributed by atoms with Gasteiger partial charge in [-0.1, -0.05) is 30.3 Å². The molecule has 0 aliphatic rings. The Morgan fingerprint density at radius 2 is 1.92 bits per heavy atom. The Morgan fingerprint density at radius 1 is 1.16 bits per heavy atom. The fourth-order valence-electron chi connectivity index (χ4n) is 2.28. The molecular formula is C19H22N4O2. The van der Waals surface area contributed by atoms with Crippen LogP contribution in [0.25, 0.3) is 0 Å². The number of para-hydroxylation sites is 1. The minimum Gasteiger partial charge on any atom is -0.383 e. The average molecular weight is 338 g/mol. The first-order valence-corrected chi connectivity index (χ1v) is 8.04. The summed E-state index contributed by atoms with van der Waals surface area (Å²) in [5, 5.41) is 17.6. The first-order valence-electron chi connectivity index (χ1n) is 8.04. The van der Waals surface area contributed by atoms with Gasteiger partial charge in [0.15, 0.2) is 0 Å². The average Bonchev–Trinajstić information content (AvgIpc) is 2.63. The maximum Gasteiger partial charge on any atom is 0.319 e. The summed E-state index contributed by atoms with van der Waals surface area (Å²) in [5.74, 6) is 0. The molecule has 2 aromatic rings. The number of benzene rings is 2. The van der Waals surface area contributed by atoms with E-state index in [4.69, 9.17) is 10.00 Å². The van der Waals surface area contributed by atoms with Crippen LogP contribution in [0, 0.1) is 11.3 Å². The van der Waals surface area contributed by atoms with Crippen molar-refractivity contribution >= 4 is 17.4 Å². The number of hydrogen-bond donors (Lipinski definition) is 3. The third kappa shape index (κ3) is 6.16. The van der Waals surface area contributed by atoms with Crippen molar-refractivity contribution in [1.82, 2.24) is 5.32 Å². The molecule has 2 aromatic carbocycles. The number of nitriles is 1. The van der Waals surface area contributed by atoms with Gasteiger partial charge in [-0.3, -0.25) is 0 Å². The number of amides is 2. The summed E-state index contributed by atoms with van der Waals surface area (Å²) in [5.41, 5.74) is 3.58. The number of carbonyl (C=O) groups excluding carboxylic acids is 1. The van der Waals surface area contributed by atoms with Gasteiger partial charge in [-0.2, -0.15) is 5.26 Å². The lowest BCUT2D eigenvalue weighted by atomic mass is 10.1. The summed E-state index contributed by atoms with van der Waals surface area (Å²) in [6.07, 6.45) is 0.360. The molecule has 0 bridgehead atoms. The van der Waals surface area contributed by atoms with Crippen LogP contribution in [0.3, 0.4) is 0 Å². The number of rotatable bonds is 8. The maximum atomic E-state index is 12.1. The van der Waals surface area contributed by atoms with Crippen molar-refractivity contribution in [1.29, 1.82) is 5.26 Å². The number of anilines is 2. The Hall–Kier alpha value is -3.04. The highest BCUT2D eigenvalue weighted by atomic mass is 16.5. The number of urea groups is 1. The van der Waals surface area contributed by atoms with E-state index in [0.717, 1.165) is 16.8 Å². The van der Waals surface area contributed by atoms with Crippen molar-refractivity contribution in [3.63, 3.8) is 0 Å². The summed E-state index contributed by atoms with van der Waals surface area (Å²) in [7, 11) is 1.66.